The highest BCUT2D eigenvalue weighted by atomic mass is 32.1. The Bertz CT molecular complexity index is 2330. The normalized spacial score (nSPS) is 12.1. The molecule has 0 fully saturated rings. The van der Waals surface area contributed by atoms with Crippen LogP contribution >= 0.6 is 68.0 Å². The van der Waals surface area contributed by atoms with Crippen LogP contribution in [0.2, 0.25) is 0 Å². The van der Waals surface area contributed by atoms with Crippen LogP contribution in [-0.2, 0) is 0 Å². The van der Waals surface area contributed by atoms with Crippen molar-refractivity contribution in [3.8, 4) is 42.0 Å². The molecule has 0 aliphatic carbocycles. The summed E-state index contributed by atoms with van der Waals surface area (Å²) in [6, 6.07) is 18.1. The minimum atomic E-state index is 1.03. The Morgan fingerprint density at radius 3 is 1.15 bits per heavy atom. The maximum Gasteiger partial charge on any atom is 0.155 e. The lowest BCUT2D eigenvalue weighted by Crippen LogP contribution is -1.93. The topological polar surface area (TPSA) is 51.6 Å². The first-order chi connectivity index (χ1) is 22.2. The van der Waals surface area contributed by atoms with E-state index in [9.17, 15) is 0 Å². The number of aromatic nitrogens is 4. The molecule has 3 aromatic carbocycles. The Labute approximate surface area is 289 Å². The highest BCUT2D eigenvalue weighted by molar-refractivity contribution is 7.32. The van der Waals surface area contributed by atoms with Crippen molar-refractivity contribution in [3.05, 3.63) is 80.8 Å². The summed E-state index contributed by atoms with van der Waals surface area (Å²) in [5, 5.41) is 6.79. The summed E-state index contributed by atoms with van der Waals surface area (Å²) < 4.78 is 2.61. The molecule has 0 amide bonds. The highest BCUT2D eigenvalue weighted by Gasteiger charge is 2.26. The van der Waals surface area contributed by atoms with Crippen LogP contribution in [0.15, 0.2) is 48.5 Å². The van der Waals surface area contributed by atoms with Gasteiger partial charge in [-0.2, -0.15) is 0 Å². The number of thiazole rings is 4. The predicted molar refractivity (Wildman–Crippen MR) is 205 cm³/mol. The van der Waals surface area contributed by atoms with Crippen molar-refractivity contribution in [2.24, 2.45) is 0 Å². The average molecular weight is 707 g/mol. The summed E-state index contributed by atoms with van der Waals surface area (Å²) in [7, 11) is 0. The number of benzene rings is 3. The van der Waals surface area contributed by atoms with E-state index in [0.29, 0.717) is 0 Å². The lowest BCUT2D eigenvalue weighted by atomic mass is 9.87. The molecule has 10 heteroatoms. The van der Waals surface area contributed by atoms with Crippen molar-refractivity contribution in [3.63, 3.8) is 0 Å². The zero-order chi connectivity index (χ0) is 31.4. The third-order valence-electron chi connectivity index (χ3n) is 8.51. The van der Waals surface area contributed by atoms with Crippen molar-refractivity contribution in [1.29, 1.82) is 0 Å². The van der Waals surface area contributed by atoms with Crippen LogP contribution in [-0.4, -0.2) is 19.9 Å². The third-order valence-corrected chi connectivity index (χ3v) is 15.0. The largest absolute Gasteiger partial charge is 0.229 e. The maximum absolute atomic E-state index is 5.08. The van der Waals surface area contributed by atoms with Crippen molar-refractivity contribution in [2.45, 2.75) is 41.5 Å². The number of fused-ring (bicyclic) bond motifs is 4. The minimum absolute atomic E-state index is 1.03. The molecule has 0 spiro atoms. The Kier molecular flexibility index (Phi) is 6.62. The van der Waals surface area contributed by atoms with Gasteiger partial charge in [0.25, 0.3) is 0 Å². The molecule has 0 bridgehead atoms. The van der Waals surface area contributed by atoms with E-state index in [1.807, 2.05) is 22.7 Å². The highest BCUT2D eigenvalue weighted by Crippen LogP contribution is 2.54. The molecule has 6 heterocycles. The van der Waals surface area contributed by atoms with Gasteiger partial charge in [0.05, 0.1) is 19.8 Å². The van der Waals surface area contributed by atoms with Crippen molar-refractivity contribution < 1.29 is 0 Å². The van der Waals surface area contributed by atoms with Gasteiger partial charge < -0.3 is 0 Å². The lowest BCUT2D eigenvalue weighted by molar-refractivity contribution is 1.36. The molecule has 0 atom stereocenters. The van der Waals surface area contributed by atoms with Crippen LogP contribution < -0.4 is 0 Å². The molecule has 0 aliphatic heterocycles. The molecule has 9 rings (SSSR count). The Morgan fingerprint density at radius 2 is 0.783 bits per heavy atom. The summed E-state index contributed by atoms with van der Waals surface area (Å²) in [6.07, 6.45) is 0. The average Bonchev–Trinajstić information content (AvgIpc) is 3.83. The second-order valence-electron chi connectivity index (χ2n) is 11.7. The quantitative estimate of drug-likeness (QED) is 0.183. The van der Waals surface area contributed by atoms with Gasteiger partial charge in [-0.15, -0.1) is 22.7 Å². The fourth-order valence-corrected chi connectivity index (χ4v) is 13.0. The molecular weight excluding hydrogens is 681 g/mol. The third kappa shape index (κ3) is 4.38. The van der Waals surface area contributed by atoms with Crippen LogP contribution in [0.3, 0.4) is 0 Å². The summed E-state index contributed by atoms with van der Waals surface area (Å²) >= 11 is 10.5. The Balaban J connectivity index is 1.43. The summed E-state index contributed by atoms with van der Waals surface area (Å²) in [4.78, 5) is 26.2. The molecular formula is C36H26N4S6. The van der Waals surface area contributed by atoms with E-state index in [0.717, 1.165) is 39.4 Å². The van der Waals surface area contributed by atoms with Gasteiger partial charge in [0.2, 0.25) is 0 Å². The molecule has 0 radical (unpaired) electrons. The maximum atomic E-state index is 5.08. The second kappa shape index (κ2) is 10.6. The zero-order valence-electron chi connectivity index (χ0n) is 25.9. The first-order valence-corrected chi connectivity index (χ1v) is 19.8. The Morgan fingerprint density at radius 1 is 0.413 bits per heavy atom. The van der Waals surface area contributed by atoms with Gasteiger partial charge in [-0.05, 0) is 87.1 Å². The molecule has 0 saturated heterocycles. The molecule has 0 saturated carbocycles. The van der Waals surface area contributed by atoms with E-state index in [2.05, 4.69) is 90.1 Å². The van der Waals surface area contributed by atoms with Gasteiger partial charge in [-0.3, -0.25) is 0 Å². The van der Waals surface area contributed by atoms with Crippen molar-refractivity contribution in [2.75, 3.05) is 0 Å². The molecule has 46 heavy (non-hydrogen) atoms. The van der Waals surface area contributed by atoms with Gasteiger partial charge in [0.15, 0.2) is 19.3 Å². The minimum Gasteiger partial charge on any atom is -0.229 e. The van der Waals surface area contributed by atoms with Gasteiger partial charge in [-0.25, -0.2) is 19.9 Å². The summed E-state index contributed by atoms with van der Waals surface area (Å²) in [5.74, 6) is 0. The molecule has 6 aromatic heterocycles. The monoisotopic (exact) mass is 706 g/mol. The van der Waals surface area contributed by atoms with Crippen LogP contribution in [0, 0.1) is 41.5 Å². The zero-order valence-corrected chi connectivity index (χ0v) is 30.8. The number of hydrogen-bond acceptors (Lipinski definition) is 10. The first-order valence-electron chi connectivity index (χ1n) is 14.9. The van der Waals surface area contributed by atoms with Crippen LogP contribution in [0.1, 0.15) is 32.3 Å². The molecule has 4 nitrogen and oxygen atoms in total. The fourth-order valence-electron chi connectivity index (χ4n) is 6.59. The number of rotatable bonds is 4. The molecule has 0 unspecified atom stereocenters. The van der Waals surface area contributed by atoms with Crippen molar-refractivity contribution in [1.82, 2.24) is 19.9 Å². The Hall–Kier alpha value is -3.38. The van der Waals surface area contributed by atoms with Gasteiger partial charge in [-0.1, -0.05) is 81.7 Å². The summed E-state index contributed by atoms with van der Waals surface area (Å²) in [6.45, 7) is 13.1. The fraction of sp³-hybridized carbons (Fsp3) is 0.167. The molecule has 226 valence electrons. The van der Waals surface area contributed by atoms with E-state index in [-0.39, 0.29) is 0 Å². The van der Waals surface area contributed by atoms with Crippen molar-refractivity contribution >= 4 is 108 Å². The van der Waals surface area contributed by atoms with Gasteiger partial charge in [0, 0.05) is 31.3 Å². The lowest BCUT2D eigenvalue weighted by Gasteiger charge is -2.18. The second-order valence-corrected chi connectivity index (χ2v) is 18.1. The van der Waals surface area contributed by atoms with E-state index in [1.165, 1.54) is 74.4 Å². The SMILES string of the molecule is Cc1nc2sc(-c3cc4c(-c5c(C)cccc5C)c5sc(-c6nc7sc(C)nc7s6)cc5c(-c5c(C)cccc5C)c4s3)nc2s1. The van der Waals surface area contributed by atoms with E-state index >= 15 is 0 Å². The standard InChI is InChI=1S/C36H26N4S6/c1-15-9-7-10-16(2)25(15)27-21-13-23(31-39-35-33(45-31)37-19(5)41-35)44-30(21)28(26-17(3)11-8-12-18(26)4)22-14-24(43-29(22)27)32-40-36-34(46-32)38-20(6)42-36/h7-14H,1-6H3. The first kappa shape index (κ1) is 28.8. The number of aryl methyl sites for hydroxylation is 6. The molecule has 0 N–H and O–H groups in total. The number of thiophene rings is 2. The van der Waals surface area contributed by atoms with E-state index in [1.54, 1.807) is 45.3 Å². The van der Waals surface area contributed by atoms with Crippen LogP contribution in [0.25, 0.3) is 81.5 Å². The van der Waals surface area contributed by atoms with E-state index in [4.69, 9.17) is 19.9 Å². The molecule has 0 aliphatic rings. The van der Waals surface area contributed by atoms with E-state index < -0.39 is 0 Å². The predicted octanol–water partition coefficient (Wildman–Crippen LogP) is 12.8. The van der Waals surface area contributed by atoms with Crippen LogP contribution in [0.4, 0.5) is 0 Å². The number of nitrogens with zero attached hydrogens (tertiary/aromatic N) is 4. The van der Waals surface area contributed by atoms with Gasteiger partial charge >= 0.3 is 0 Å². The number of hydrogen-bond donors (Lipinski definition) is 0. The molecule has 9 aromatic rings. The van der Waals surface area contributed by atoms with Gasteiger partial charge in [0.1, 0.15) is 10.0 Å². The smallest absolute Gasteiger partial charge is 0.155 e. The van der Waals surface area contributed by atoms with Crippen LogP contribution in [0.5, 0.6) is 0 Å². The summed E-state index contributed by atoms with van der Waals surface area (Å²) in [5.41, 5.74) is 10.4.